The lowest BCUT2D eigenvalue weighted by molar-refractivity contribution is 0.0737. The minimum Gasteiger partial charge on any atom is -0.331 e. The van der Waals surface area contributed by atoms with Crippen LogP contribution < -0.4 is 0 Å². The molecular weight excluding hydrogens is 276 g/mol. The van der Waals surface area contributed by atoms with Crippen molar-refractivity contribution >= 4 is 11.6 Å². The number of nitrogens with zero attached hydrogens (tertiary/aromatic N) is 4. The Morgan fingerprint density at radius 2 is 2.05 bits per heavy atom. The molecule has 2 aromatic heterocycles. The number of carbonyl (C=O) groups excluding carboxylic acids is 1. The zero-order chi connectivity index (χ0) is 14.9. The van der Waals surface area contributed by atoms with E-state index in [0.29, 0.717) is 11.2 Å². The molecule has 0 spiro atoms. The van der Waals surface area contributed by atoms with E-state index in [4.69, 9.17) is 0 Å². The summed E-state index contributed by atoms with van der Waals surface area (Å²) in [5, 5.41) is 4.22. The fourth-order valence-corrected chi connectivity index (χ4v) is 3.16. The van der Waals surface area contributed by atoms with E-state index in [0.717, 1.165) is 19.4 Å². The molecular formula is C17H16N4O. The highest BCUT2D eigenvalue weighted by molar-refractivity contribution is 6.00. The van der Waals surface area contributed by atoms with Gasteiger partial charge in [-0.3, -0.25) is 4.79 Å². The van der Waals surface area contributed by atoms with Gasteiger partial charge in [-0.25, -0.2) is 9.50 Å². The molecule has 1 saturated heterocycles. The largest absolute Gasteiger partial charge is 0.331 e. The molecule has 1 aliphatic rings. The fraction of sp³-hybridized carbons (Fsp3) is 0.235. The molecule has 110 valence electrons. The Labute approximate surface area is 128 Å². The van der Waals surface area contributed by atoms with Crippen LogP contribution in [-0.4, -0.2) is 31.9 Å². The van der Waals surface area contributed by atoms with Gasteiger partial charge in [0, 0.05) is 18.9 Å². The second-order valence-corrected chi connectivity index (χ2v) is 5.51. The van der Waals surface area contributed by atoms with Crippen LogP contribution in [-0.2, 0) is 0 Å². The average Bonchev–Trinajstić information content (AvgIpc) is 3.22. The first-order chi connectivity index (χ1) is 10.8. The van der Waals surface area contributed by atoms with E-state index in [2.05, 4.69) is 22.2 Å². The van der Waals surface area contributed by atoms with E-state index >= 15 is 0 Å². The first-order valence-corrected chi connectivity index (χ1v) is 7.49. The lowest BCUT2D eigenvalue weighted by Gasteiger charge is -2.24. The summed E-state index contributed by atoms with van der Waals surface area (Å²) in [5.41, 5.74) is 2.38. The molecule has 1 aromatic carbocycles. The van der Waals surface area contributed by atoms with E-state index in [9.17, 15) is 4.79 Å². The summed E-state index contributed by atoms with van der Waals surface area (Å²) >= 11 is 0. The predicted molar refractivity (Wildman–Crippen MR) is 82.4 cm³/mol. The summed E-state index contributed by atoms with van der Waals surface area (Å²) in [6.45, 7) is 0.780. The summed E-state index contributed by atoms with van der Waals surface area (Å²) in [5.74, 6) is 0.0139. The topological polar surface area (TPSA) is 50.5 Å². The standard InChI is InChI=1S/C17H16N4O/c22-17(14-12-19-21-11-5-9-18-16(14)21)20-10-4-8-15(20)13-6-2-1-3-7-13/h1-3,5-7,9,11-12,15H,4,8,10H2. The molecule has 4 rings (SSSR count). The van der Waals surface area contributed by atoms with Crippen LogP contribution >= 0.6 is 0 Å². The van der Waals surface area contributed by atoms with Gasteiger partial charge >= 0.3 is 0 Å². The predicted octanol–water partition coefficient (Wildman–Crippen LogP) is 2.71. The second kappa shape index (κ2) is 5.26. The Morgan fingerprint density at radius 1 is 1.18 bits per heavy atom. The number of hydrogen-bond donors (Lipinski definition) is 0. The van der Waals surface area contributed by atoms with Crippen molar-refractivity contribution in [2.75, 3.05) is 6.54 Å². The summed E-state index contributed by atoms with van der Waals surface area (Å²) in [6.07, 6.45) is 7.13. The van der Waals surface area contributed by atoms with Gasteiger partial charge in [0.2, 0.25) is 0 Å². The van der Waals surface area contributed by atoms with Crippen LogP contribution in [0.1, 0.15) is 34.8 Å². The summed E-state index contributed by atoms with van der Waals surface area (Å²) in [7, 11) is 0. The molecule has 5 nitrogen and oxygen atoms in total. The molecule has 1 fully saturated rings. The van der Waals surface area contributed by atoms with Crippen molar-refractivity contribution in [3.05, 3.63) is 66.1 Å². The molecule has 0 bridgehead atoms. The Balaban J connectivity index is 1.70. The van der Waals surface area contributed by atoms with Gasteiger partial charge in [0.1, 0.15) is 5.56 Å². The number of aromatic nitrogens is 3. The van der Waals surface area contributed by atoms with Crippen LogP contribution in [0.3, 0.4) is 0 Å². The maximum atomic E-state index is 12.9. The van der Waals surface area contributed by atoms with Crippen molar-refractivity contribution < 1.29 is 4.79 Å². The van der Waals surface area contributed by atoms with Crippen molar-refractivity contribution in [2.24, 2.45) is 0 Å². The van der Waals surface area contributed by atoms with Crippen LogP contribution in [0.4, 0.5) is 0 Å². The Hall–Kier alpha value is -2.69. The van der Waals surface area contributed by atoms with E-state index in [-0.39, 0.29) is 11.9 Å². The maximum Gasteiger partial charge on any atom is 0.259 e. The number of likely N-dealkylation sites (tertiary alicyclic amines) is 1. The highest BCUT2D eigenvalue weighted by Crippen LogP contribution is 2.33. The Morgan fingerprint density at radius 3 is 2.91 bits per heavy atom. The third kappa shape index (κ3) is 2.06. The number of fused-ring (bicyclic) bond motifs is 1. The van der Waals surface area contributed by atoms with E-state index < -0.39 is 0 Å². The molecule has 3 heterocycles. The monoisotopic (exact) mass is 292 g/mol. The third-order valence-electron chi connectivity index (χ3n) is 4.21. The highest BCUT2D eigenvalue weighted by atomic mass is 16.2. The molecule has 5 heteroatoms. The van der Waals surface area contributed by atoms with Gasteiger partial charge in [-0.2, -0.15) is 5.10 Å². The summed E-state index contributed by atoms with van der Waals surface area (Å²) in [4.78, 5) is 19.2. The molecule has 1 aliphatic heterocycles. The normalized spacial score (nSPS) is 18.0. The van der Waals surface area contributed by atoms with Gasteiger partial charge in [0.25, 0.3) is 5.91 Å². The van der Waals surface area contributed by atoms with Gasteiger partial charge in [0.05, 0.1) is 12.2 Å². The van der Waals surface area contributed by atoms with Crippen LogP contribution in [0.5, 0.6) is 0 Å². The molecule has 1 amide bonds. The molecule has 3 aromatic rings. The number of hydrogen-bond acceptors (Lipinski definition) is 3. The average molecular weight is 292 g/mol. The second-order valence-electron chi connectivity index (χ2n) is 5.51. The maximum absolute atomic E-state index is 12.9. The van der Waals surface area contributed by atoms with E-state index in [1.54, 1.807) is 29.2 Å². The van der Waals surface area contributed by atoms with Gasteiger partial charge in [-0.15, -0.1) is 0 Å². The zero-order valence-electron chi connectivity index (χ0n) is 12.1. The number of amides is 1. The number of rotatable bonds is 2. The first-order valence-electron chi connectivity index (χ1n) is 7.49. The van der Waals surface area contributed by atoms with Crippen LogP contribution in [0, 0.1) is 0 Å². The first kappa shape index (κ1) is 13.0. The van der Waals surface area contributed by atoms with Gasteiger partial charge in [-0.1, -0.05) is 30.3 Å². The minimum absolute atomic E-state index is 0.0139. The molecule has 0 radical (unpaired) electrons. The fourth-order valence-electron chi connectivity index (χ4n) is 3.16. The van der Waals surface area contributed by atoms with Crippen molar-refractivity contribution in [3.63, 3.8) is 0 Å². The Bertz CT molecular complexity index is 812. The highest BCUT2D eigenvalue weighted by Gasteiger charge is 2.32. The van der Waals surface area contributed by atoms with Crippen LogP contribution in [0.2, 0.25) is 0 Å². The smallest absolute Gasteiger partial charge is 0.259 e. The SMILES string of the molecule is O=C(c1cnn2cccnc12)N1CCCC1c1ccccc1. The lowest BCUT2D eigenvalue weighted by atomic mass is 10.0. The lowest BCUT2D eigenvalue weighted by Crippen LogP contribution is -2.30. The van der Waals surface area contributed by atoms with Crippen LogP contribution in [0.25, 0.3) is 5.65 Å². The third-order valence-corrected chi connectivity index (χ3v) is 4.21. The van der Waals surface area contributed by atoms with E-state index in [1.807, 2.05) is 23.1 Å². The molecule has 1 unspecified atom stereocenters. The van der Waals surface area contributed by atoms with Crippen molar-refractivity contribution in [1.82, 2.24) is 19.5 Å². The molecule has 1 atom stereocenters. The van der Waals surface area contributed by atoms with Crippen LogP contribution in [0.15, 0.2) is 55.0 Å². The number of benzene rings is 1. The molecule has 0 saturated carbocycles. The minimum atomic E-state index is 0.0139. The van der Waals surface area contributed by atoms with Crippen molar-refractivity contribution in [2.45, 2.75) is 18.9 Å². The Kier molecular flexibility index (Phi) is 3.11. The van der Waals surface area contributed by atoms with Gasteiger partial charge < -0.3 is 4.90 Å². The van der Waals surface area contributed by atoms with Gasteiger partial charge in [-0.05, 0) is 24.5 Å². The molecule has 22 heavy (non-hydrogen) atoms. The summed E-state index contributed by atoms with van der Waals surface area (Å²) < 4.78 is 1.64. The van der Waals surface area contributed by atoms with Gasteiger partial charge in [0.15, 0.2) is 5.65 Å². The van der Waals surface area contributed by atoms with E-state index in [1.165, 1.54) is 5.56 Å². The molecule has 0 aliphatic carbocycles. The van der Waals surface area contributed by atoms with Crippen molar-refractivity contribution in [1.29, 1.82) is 0 Å². The zero-order valence-corrected chi connectivity index (χ0v) is 12.1. The van der Waals surface area contributed by atoms with Crippen molar-refractivity contribution in [3.8, 4) is 0 Å². The quantitative estimate of drug-likeness (QED) is 0.729. The summed E-state index contributed by atoms with van der Waals surface area (Å²) in [6, 6.07) is 12.2. The number of carbonyl (C=O) groups is 1. The molecule has 0 N–H and O–H groups in total.